The van der Waals surface area contributed by atoms with E-state index in [4.69, 9.17) is 18.3 Å². The van der Waals surface area contributed by atoms with E-state index in [0.29, 0.717) is 58.1 Å². The standard InChI is InChI=1S/C37H54O9/c1-14-27(38)18(5)32-20(7)31(41)21(8)33(45-32)23(10)34-24(11)36(44-29(39)16-17(3)4)26(13)37(42,46-34)25(12)35-22(9)30(40)19(6)28(15-2)43-35/h17-18,23-26,34,36,42H,14-16H2,1-13H3/t18-,23+,24-,25+,26+,34+,36+,37-/m1/s1. The first-order valence-corrected chi connectivity index (χ1v) is 16.7. The Balaban J connectivity index is 2.22. The number of carbonyl (C=O) groups excluding carboxylic acids is 2. The molecule has 8 atom stereocenters. The molecule has 2 aromatic rings. The number of aliphatic hydroxyl groups is 1. The van der Waals surface area contributed by atoms with Gasteiger partial charge in [-0.15, -0.1) is 0 Å². The number of ketones is 1. The van der Waals surface area contributed by atoms with E-state index < -0.39 is 47.6 Å². The normalized spacial score (nSPS) is 25.3. The lowest BCUT2D eigenvalue weighted by molar-refractivity contribution is -0.331. The van der Waals surface area contributed by atoms with Crippen molar-refractivity contribution in [3.63, 3.8) is 0 Å². The van der Waals surface area contributed by atoms with Gasteiger partial charge in [0.15, 0.2) is 16.6 Å². The van der Waals surface area contributed by atoms with E-state index in [-0.39, 0.29) is 34.9 Å². The molecule has 0 bridgehead atoms. The van der Waals surface area contributed by atoms with Crippen LogP contribution in [0.4, 0.5) is 0 Å². The van der Waals surface area contributed by atoms with Crippen molar-refractivity contribution in [1.29, 1.82) is 0 Å². The fraction of sp³-hybridized carbons (Fsp3) is 0.676. The summed E-state index contributed by atoms with van der Waals surface area (Å²) in [6, 6.07) is 0. The number of hydrogen-bond acceptors (Lipinski definition) is 9. The molecule has 9 nitrogen and oxygen atoms in total. The molecule has 0 radical (unpaired) electrons. The van der Waals surface area contributed by atoms with Crippen molar-refractivity contribution in [2.24, 2.45) is 17.8 Å². The van der Waals surface area contributed by atoms with Crippen molar-refractivity contribution < 1.29 is 33.0 Å². The molecule has 3 heterocycles. The summed E-state index contributed by atoms with van der Waals surface area (Å²) in [6.45, 7) is 23.3. The topological polar surface area (TPSA) is 133 Å². The highest BCUT2D eigenvalue weighted by Gasteiger charge is 2.57. The third kappa shape index (κ3) is 6.82. The second-order valence-corrected chi connectivity index (χ2v) is 13.8. The van der Waals surface area contributed by atoms with Crippen molar-refractivity contribution in [3.05, 3.63) is 65.7 Å². The summed E-state index contributed by atoms with van der Waals surface area (Å²) in [5.74, 6) is -4.02. The third-order valence-corrected chi connectivity index (χ3v) is 10.2. The highest BCUT2D eigenvalue weighted by molar-refractivity contribution is 5.84. The van der Waals surface area contributed by atoms with Crippen LogP contribution in [0.25, 0.3) is 0 Å². The van der Waals surface area contributed by atoms with Crippen LogP contribution in [0.3, 0.4) is 0 Å². The molecule has 1 aliphatic rings. The molecule has 1 aliphatic heterocycles. The highest BCUT2D eigenvalue weighted by atomic mass is 16.6. The van der Waals surface area contributed by atoms with Crippen molar-refractivity contribution >= 4 is 11.8 Å². The van der Waals surface area contributed by atoms with Gasteiger partial charge in [0.25, 0.3) is 0 Å². The first-order chi connectivity index (χ1) is 21.3. The highest BCUT2D eigenvalue weighted by Crippen LogP contribution is 2.49. The molecule has 46 heavy (non-hydrogen) atoms. The maximum absolute atomic E-state index is 13.5. The Bertz CT molecular complexity index is 1560. The van der Waals surface area contributed by atoms with E-state index in [9.17, 15) is 24.3 Å². The molecule has 256 valence electrons. The zero-order chi connectivity index (χ0) is 35.0. The number of aryl methyl sites for hydroxylation is 1. The molecule has 0 spiro atoms. The van der Waals surface area contributed by atoms with Crippen LogP contribution in [0.15, 0.2) is 18.4 Å². The van der Waals surface area contributed by atoms with Crippen LogP contribution in [0.5, 0.6) is 0 Å². The molecule has 3 rings (SSSR count). The van der Waals surface area contributed by atoms with Crippen LogP contribution in [0.1, 0.15) is 138 Å². The summed E-state index contributed by atoms with van der Waals surface area (Å²) in [4.78, 5) is 52.4. The van der Waals surface area contributed by atoms with E-state index in [1.54, 1.807) is 55.4 Å². The van der Waals surface area contributed by atoms with Gasteiger partial charge in [0.1, 0.15) is 34.9 Å². The van der Waals surface area contributed by atoms with Crippen molar-refractivity contribution in [1.82, 2.24) is 0 Å². The third-order valence-electron chi connectivity index (χ3n) is 10.2. The van der Waals surface area contributed by atoms with Gasteiger partial charge in [-0.25, -0.2) is 0 Å². The van der Waals surface area contributed by atoms with Gasteiger partial charge in [0.05, 0.1) is 17.9 Å². The van der Waals surface area contributed by atoms with Gasteiger partial charge >= 0.3 is 5.97 Å². The van der Waals surface area contributed by atoms with Crippen LogP contribution in [0.2, 0.25) is 0 Å². The van der Waals surface area contributed by atoms with Gasteiger partial charge < -0.3 is 23.4 Å². The van der Waals surface area contributed by atoms with Gasteiger partial charge in [0.2, 0.25) is 0 Å². The minimum absolute atomic E-state index is 0.0495. The van der Waals surface area contributed by atoms with Crippen LogP contribution in [-0.4, -0.2) is 34.9 Å². The molecule has 1 saturated heterocycles. The van der Waals surface area contributed by atoms with E-state index >= 15 is 0 Å². The summed E-state index contributed by atoms with van der Waals surface area (Å²) in [6.07, 6.45) is -0.574. The largest absolute Gasteiger partial charge is 0.465 e. The summed E-state index contributed by atoms with van der Waals surface area (Å²) < 4.78 is 25.5. The fourth-order valence-electron chi connectivity index (χ4n) is 7.08. The van der Waals surface area contributed by atoms with Crippen LogP contribution >= 0.6 is 0 Å². The van der Waals surface area contributed by atoms with Crippen molar-refractivity contribution in [2.45, 2.75) is 145 Å². The Labute approximate surface area is 273 Å². The molecule has 0 unspecified atom stereocenters. The fourth-order valence-corrected chi connectivity index (χ4v) is 7.08. The smallest absolute Gasteiger partial charge is 0.306 e. The van der Waals surface area contributed by atoms with Gasteiger partial charge in [-0.1, -0.05) is 55.4 Å². The number of esters is 1. The predicted octanol–water partition coefficient (Wildman–Crippen LogP) is 6.70. The molecule has 0 aromatic carbocycles. The lowest BCUT2D eigenvalue weighted by Gasteiger charge is -2.52. The van der Waals surface area contributed by atoms with E-state index in [1.165, 1.54) is 0 Å². The molecule has 2 aromatic heterocycles. The first kappa shape index (κ1) is 37.4. The average Bonchev–Trinajstić information content (AvgIpc) is 3.01. The lowest BCUT2D eigenvalue weighted by Crippen LogP contribution is -2.61. The maximum Gasteiger partial charge on any atom is 0.306 e. The second kappa shape index (κ2) is 14.4. The SMILES string of the molecule is CCC(=O)[C@@H](C)c1oc([C@H](C)[C@@H]2O[C@](O)([C@@H](C)c3oc(CC)c(C)c(=O)c3C)[C@@H](C)[C@@H](OC(=O)CC(C)C)[C@@H]2C)c(C)c(=O)c1C. The number of hydrogen-bond donors (Lipinski definition) is 1. The molecule has 0 aliphatic carbocycles. The van der Waals surface area contributed by atoms with Gasteiger partial charge in [0, 0.05) is 59.3 Å². The minimum Gasteiger partial charge on any atom is -0.465 e. The Kier molecular flexibility index (Phi) is 11.7. The number of Topliss-reactive ketones (excluding diaryl/α,β-unsaturated/α-hetero) is 1. The number of rotatable bonds is 11. The number of ether oxygens (including phenoxy) is 2. The summed E-state index contributed by atoms with van der Waals surface area (Å²) >= 11 is 0. The van der Waals surface area contributed by atoms with Gasteiger partial charge in [-0.3, -0.25) is 19.2 Å². The van der Waals surface area contributed by atoms with Crippen molar-refractivity contribution in [2.75, 3.05) is 0 Å². The summed E-state index contributed by atoms with van der Waals surface area (Å²) in [7, 11) is 0. The van der Waals surface area contributed by atoms with Crippen LogP contribution in [-0.2, 0) is 25.5 Å². The molecular formula is C37H54O9. The van der Waals surface area contributed by atoms with Crippen molar-refractivity contribution in [3.8, 4) is 0 Å². The molecule has 0 amide bonds. The molecule has 1 N–H and O–H groups in total. The number of carbonyl (C=O) groups is 2. The zero-order valence-corrected chi connectivity index (χ0v) is 30.0. The summed E-state index contributed by atoms with van der Waals surface area (Å²) in [5, 5.41) is 12.6. The van der Waals surface area contributed by atoms with Crippen LogP contribution in [0, 0.1) is 45.4 Å². The molecule has 0 saturated carbocycles. The molecular weight excluding hydrogens is 588 g/mol. The summed E-state index contributed by atoms with van der Waals surface area (Å²) in [5.41, 5.74) is 1.30. The monoisotopic (exact) mass is 642 g/mol. The zero-order valence-electron chi connectivity index (χ0n) is 30.0. The van der Waals surface area contributed by atoms with Gasteiger partial charge in [-0.05, 0) is 40.5 Å². The Morgan fingerprint density at radius 1 is 0.848 bits per heavy atom. The second-order valence-electron chi connectivity index (χ2n) is 13.8. The van der Waals surface area contributed by atoms with Crippen LogP contribution < -0.4 is 10.9 Å². The Morgan fingerprint density at radius 2 is 1.39 bits per heavy atom. The van der Waals surface area contributed by atoms with E-state index in [1.807, 2.05) is 34.6 Å². The molecule has 9 heteroatoms. The predicted molar refractivity (Wildman–Crippen MR) is 176 cm³/mol. The van der Waals surface area contributed by atoms with Gasteiger partial charge in [-0.2, -0.15) is 0 Å². The lowest BCUT2D eigenvalue weighted by atomic mass is 9.72. The maximum atomic E-state index is 13.5. The Hall–Kier alpha value is -3.04. The average molecular weight is 643 g/mol. The van der Waals surface area contributed by atoms with E-state index in [0.717, 1.165) is 0 Å². The first-order valence-electron chi connectivity index (χ1n) is 16.7. The van der Waals surface area contributed by atoms with E-state index in [2.05, 4.69) is 0 Å². The Morgan fingerprint density at radius 3 is 1.93 bits per heavy atom. The molecule has 1 fully saturated rings. The quantitative estimate of drug-likeness (QED) is 0.266. The minimum atomic E-state index is -1.94.